The van der Waals surface area contributed by atoms with Crippen molar-refractivity contribution in [2.45, 2.75) is 0 Å². The number of benzene rings is 1. The Bertz CT molecular complexity index is 325. The fraction of sp³-hybridized carbons (Fsp3) is 0. The summed E-state index contributed by atoms with van der Waals surface area (Å²) in [6, 6.07) is 2.25. The van der Waals surface area contributed by atoms with E-state index in [0.717, 1.165) is 12.3 Å². The smallest absolute Gasteiger partial charge is 0.153 e. The van der Waals surface area contributed by atoms with Gasteiger partial charge in [0, 0.05) is 5.56 Å². The molecule has 0 aliphatic heterocycles. The van der Waals surface area contributed by atoms with E-state index < -0.39 is 16.7 Å². The largest absolute Gasteiger partial charge is 0.323 e. The van der Waals surface area contributed by atoms with Gasteiger partial charge in [-0.2, -0.15) is 5.10 Å². The van der Waals surface area contributed by atoms with Crippen LogP contribution in [0.3, 0.4) is 0 Å². The Hall–Kier alpha value is -1.16. The van der Waals surface area contributed by atoms with Crippen LogP contribution in [-0.4, -0.2) is 6.21 Å². The van der Waals surface area contributed by atoms with Crippen LogP contribution in [0.25, 0.3) is 0 Å². The van der Waals surface area contributed by atoms with Gasteiger partial charge in [0.25, 0.3) is 0 Å². The molecule has 1 aromatic rings. The van der Waals surface area contributed by atoms with Gasteiger partial charge in [0.05, 0.1) is 6.21 Å². The van der Waals surface area contributed by atoms with Crippen molar-refractivity contribution in [3.05, 3.63) is 34.4 Å². The molecule has 2 nitrogen and oxygen atoms in total. The van der Waals surface area contributed by atoms with Gasteiger partial charge in [0.1, 0.15) is 10.8 Å². The number of hydrogen-bond donors (Lipinski definition) is 1. The van der Waals surface area contributed by atoms with Crippen LogP contribution >= 0.6 is 11.6 Å². The van der Waals surface area contributed by atoms with Gasteiger partial charge in [-0.05, 0) is 12.1 Å². The standard InChI is InChI=1S/C7H5ClF2N2/c8-6-5(9)2-1-4(3-12-11)7(6)10/h1-3H,11H2. The van der Waals surface area contributed by atoms with E-state index in [9.17, 15) is 8.78 Å². The van der Waals surface area contributed by atoms with Crippen LogP contribution in [0, 0.1) is 11.6 Å². The quantitative estimate of drug-likeness (QED) is 0.312. The Morgan fingerprint density at radius 3 is 2.67 bits per heavy atom. The third-order valence-corrected chi connectivity index (χ3v) is 1.63. The number of hydrogen-bond acceptors (Lipinski definition) is 2. The zero-order chi connectivity index (χ0) is 9.14. The van der Waals surface area contributed by atoms with Crippen molar-refractivity contribution < 1.29 is 8.78 Å². The lowest BCUT2D eigenvalue weighted by Crippen LogP contribution is -1.94. The van der Waals surface area contributed by atoms with Gasteiger partial charge >= 0.3 is 0 Å². The number of nitrogens with two attached hydrogens (primary N) is 1. The van der Waals surface area contributed by atoms with Crippen LogP contribution in [0.1, 0.15) is 5.56 Å². The molecule has 0 aromatic heterocycles. The van der Waals surface area contributed by atoms with Crippen molar-refractivity contribution in [2.24, 2.45) is 10.9 Å². The first kappa shape index (κ1) is 8.93. The molecule has 0 saturated heterocycles. The summed E-state index contributed by atoms with van der Waals surface area (Å²) in [5.74, 6) is 3.13. The molecule has 5 heteroatoms. The van der Waals surface area contributed by atoms with Crippen molar-refractivity contribution in [1.82, 2.24) is 0 Å². The maximum absolute atomic E-state index is 12.9. The molecule has 0 aliphatic rings. The summed E-state index contributed by atoms with van der Waals surface area (Å²) in [4.78, 5) is 0. The molecule has 0 saturated carbocycles. The highest BCUT2D eigenvalue weighted by atomic mass is 35.5. The molecule has 0 spiro atoms. The average molecular weight is 191 g/mol. The van der Waals surface area contributed by atoms with Crippen LogP contribution in [0.2, 0.25) is 5.02 Å². The van der Waals surface area contributed by atoms with Crippen LogP contribution in [0.4, 0.5) is 8.78 Å². The van der Waals surface area contributed by atoms with E-state index in [-0.39, 0.29) is 5.56 Å². The van der Waals surface area contributed by atoms with E-state index in [4.69, 9.17) is 17.4 Å². The Morgan fingerprint density at radius 2 is 2.08 bits per heavy atom. The second kappa shape index (κ2) is 3.49. The Balaban J connectivity index is 3.26. The zero-order valence-corrected chi connectivity index (χ0v) is 6.65. The molecule has 0 atom stereocenters. The number of nitrogens with zero attached hydrogens (tertiary/aromatic N) is 1. The molecule has 0 aliphatic carbocycles. The summed E-state index contributed by atoms with van der Waals surface area (Å²) in [5.41, 5.74) is 0.0592. The van der Waals surface area contributed by atoms with Crippen LogP contribution in [0.15, 0.2) is 17.2 Å². The molecule has 0 amide bonds. The molecule has 2 N–H and O–H groups in total. The van der Waals surface area contributed by atoms with E-state index in [0.29, 0.717) is 0 Å². The average Bonchev–Trinajstić information content (AvgIpc) is 2.07. The second-order valence-corrected chi connectivity index (χ2v) is 2.42. The molecular formula is C7H5ClF2N2. The lowest BCUT2D eigenvalue weighted by atomic mass is 10.2. The van der Waals surface area contributed by atoms with Crippen LogP contribution < -0.4 is 5.84 Å². The Kier molecular flexibility index (Phi) is 2.60. The maximum Gasteiger partial charge on any atom is 0.153 e. The molecule has 0 fully saturated rings. The molecular weight excluding hydrogens is 186 g/mol. The highest BCUT2D eigenvalue weighted by molar-refractivity contribution is 6.31. The number of rotatable bonds is 1. The Labute approximate surface area is 72.6 Å². The van der Waals surface area contributed by atoms with Gasteiger partial charge < -0.3 is 5.84 Å². The normalized spacial score (nSPS) is 10.9. The summed E-state index contributed by atoms with van der Waals surface area (Å²) in [5, 5.41) is 2.54. The minimum absolute atomic E-state index is 0.0592. The highest BCUT2D eigenvalue weighted by Crippen LogP contribution is 2.20. The third-order valence-electron chi connectivity index (χ3n) is 1.28. The van der Waals surface area contributed by atoms with Gasteiger partial charge in [-0.15, -0.1) is 0 Å². The maximum atomic E-state index is 12.9. The minimum atomic E-state index is -0.856. The van der Waals surface area contributed by atoms with E-state index in [2.05, 4.69) is 5.10 Å². The minimum Gasteiger partial charge on any atom is -0.323 e. The fourth-order valence-corrected chi connectivity index (χ4v) is 0.893. The summed E-state index contributed by atoms with van der Waals surface area (Å²) in [6.45, 7) is 0. The van der Waals surface area contributed by atoms with E-state index in [1.807, 2.05) is 0 Å². The lowest BCUT2D eigenvalue weighted by Gasteiger charge is -1.98. The van der Waals surface area contributed by atoms with E-state index >= 15 is 0 Å². The molecule has 1 rings (SSSR count). The predicted molar refractivity (Wildman–Crippen MR) is 43.1 cm³/mol. The molecule has 0 unspecified atom stereocenters. The topological polar surface area (TPSA) is 38.4 Å². The van der Waals surface area contributed by atoms with E-state index in [1.165, 1.54) is 6.07 Å². The molecule has 64 valence electrons. The highest BCUT2D eigenvalue weighted by Gasteiger charge is 2.09. The molecule has 0 radical (unpaired) electrons. The Morgan fingerprint density at radius 1 is 1.42 bits per heavy atom. The molecule has 0 heterocycles. The van der Waals surface area contributed by atoms with E-state index in [1.54, 1.807) is 0 Å². The van der Waals surface area contributed by atoms with Crippen molar-refractivity contribution in [2.75, 3.05) is 0 Å². The summed E-state index contributed by atoms with van der Waals surface area (Å²) >= 11 is 5.27. The van der Waals surface area contributed by atoms with Gasteiger partial charge in [0.2, 0.25) is 0 Å². The molecule has 1 aromatic carbocycles. The van der Waals surface area contributed by atoms with Gasteiger partial charge in [-0.25, -0.2) is 8.78 Å². The number of hydrazone groups is 1. The third kappa shape index (κ3) is 1.53. The molecule has 0 bridgehead atoms. The van der Waals surface area contributed by atoms with Gasteiger partial charge in [0.15, 0.2) is 5.82 Å². The first-order valence-electron chi connectivity index (χ1n) is 3.03. The monoisotopic (exact) mass is 190 g/mol. The second-order valence-electron chi connectivity index (χ2n) is 2.04. The lowest BCUT2D eigenvalue weighted by molar-refractivity contribution is 0.583. The molecule has 12 heavy (non-hydrogen) atoms. The van der Waals surface area contributed by atoms with Gasteiger partial charge in [-0.3, -0.25) is 0 Å². The zero-order valence-electron chi connectivity index (χ0n) is 5.89. The predicted octanol–water partition coefficient (Wildman–Crippen LogP) is 1.91. The summed E-state index contributed by atoms with van der Waals surface area (Å²) in [6.07, 6.45) is 1.06. The van der Waals surface area contributed by atoms with Crippen molar-refractivity contribution in [3.8, 4) is 0 Å². The summed E-state index contributed by atoms with van der Waals surface area (Å²) < 4.78 is 25.5. The SMILES string of the molecule is NN=Cc1ccc(F)c(Cl)c1F. The van der Waals surface area contributed by atoms with Crippen molar-refractivity contribution >= 4 is 17.8 Å². The van der Waals surface area contributed by atoms with Crippen molar-refractivity contribution in [1.29, 1.82) is 0 Å². The van der Waals surface area contributed by atoms with Gasteiger partial charge in [-0.1, -0.05) is 11.6 Å². The summed E-state index contributed by atoms with van der Waals surface area (Å²) in [7, 11) is 0. The first-order chi connectivity index (χ1) is 5.66. The first-order valence-corrected chi connectivity index (χ1v) is 3.41. The van der Waals surface area contributed by atoms with Crippen molar-refractivity contribution in [3.63, 3.8) is 0 Å². The fourth-order valence-electron chi connectivity index (χ4n) is 0.721. The number of halogens is 3. The van der Waals surface area contributed by atoms with Crippen LogP contribution in [0.5, 0.6) is 0 Å². The van der Waals surface area contributed by atoms with Crippen LogP contribution in [-0.2, 0) is 0 Å².